The molecule has 4 nitrogen and oxygen atoms in total. The lowest BCUT2D eigenvalue weighted by Gasteiger charge is -2.36. The van der Waals surface area contributed by atoms with Gasteiger partial charge in [-0.05, 0) is 30.0 Å². The molecule has 0 saturated heterocycles. The van der Waals surface area contributed by atoms with Crippen LogP contribution < -0.4 is 5.32 Å². The van der Waals surface area contributed by atoms with Crippen LogP contribution in [0.15, 0.2) is 54.6 Å². The number of halogens is 1. The van der Waals surface area contributed by atoms with Crippen LogP contribution in [0.2, 0.25) is 0 Å². The number of benzene rings is 2. The second-order valence-electron chi connectivity index (χ2n) is 6.35. The van der Waals surface area contributed by atoms with Gasteiger partial charge in [-0.2, -0.15) is 0 Å². The molecule has 0 saturated carbocycles. The molecule has 0 spiro atoms. The number of ketones is 1. The number of nitrogens with one attached hydrogen (secondary N) is 1. The smallest absolute Gasteiger partial charge is 0.318 e. The molecule has 0 aliphatic carbocycles. The first kappa shape index (κ1) is 18.8. The number of Topliss-reactive ketones (excluding diaryl/α,β-unsaturated/α-hetero) is 1. The maximum Gasteiger partial charge on any atom is 0.318 e. The minimum Gasteiger partial charge on any atom is -0.465 e. The Morgan fingerprint density at radius 2 is 1.85 bits per heavy atom. The summed E-state index contributed by atoms with van der Waals surface area (Å²) >= 11 is 3.21. The first-order valence-electron chi connectivity index (χ1n) is 8.79. The van der Waals surface area contributed by atoms with Gasteiger partial charge in [0.2, 0.25) is 0 Å². The first-order chi connectivity index (χ1) is 12.7. The molecule has 0 amide bonds. The summed E-state index contributed by atoms with van der Waals surface area (Å²) < 4.78 is 5.19. The van der Waals surface area contributed by atoms with Crippen LogP contribution in [0.4, 0.5) is 0 Å². The number of rotatable bonds is 6. The normalized spacial score (nSPS) is 20.1. The monoisotopic (exact) mass is 415 g/mol. The Hall–Kier alpha value is -1.98. The summed E-state index contributed by atoms with van der Waals surface area (Å²) in [6, 6.07) is 17.9. The first-order valence-corrected chi connectivity index (χ1v) is 9.92. The number of ether oxygens (including phenoxy) is 1. The molecule has 5 heteroatoms. The van der Waals surface area contributed by atoms with Gasteiger partial charge in [0.25, 0.3) is 0 Å². The minimum atomic E-state index is -0.825. The van der Waals surface area contributed by atoms with Crippen LogP contribution in [0.25, 0.3) is 0 Å². The van der Waals surface area contributed by atoms with E-state index in [1.54, 1.807) is 6.92 Å². The lowest BCUT2D eigenvalue weighted by atomic mass is 9.81. The SMILES string of the molecule is CCOC(=O)C(C(=O)CBr)C1Cc2ccccc2C(c2ccccc2)N1. The van der Waals surface area contributed by atoms with Crippen LogP contribution in [0.5, 0.6) is 0 Å². The van der Waals surface area contributed by atoms with Gasteiger partial charge >= 0.3 is 5.97 Å². The number of hydrogen-bond donors (Lipinski definition) is 1. The summed E-state index contributed by atoms with van der Waals surface area (Å²) in [6.45, 7) is 2.01. The van der Waals surface area contributed by atoms with Gasteiger partial charge < -0.3 is 10.1 Å². The third-order valence-corrected chi connectivity index (χ3v) is 5.29. The van der Waals surface area contributed by atoms with Gasteiger partial charge in [-0.25, -0.2) is 0 Å². The molecule has 1 heterocycles. The Morgan fingerprint density at radius 1 is 1.15 bits per heavy atom. The Balaban J connectivity index is 1.99. The van der Waals surface area contributed by atoms with Crippen molar-refractivity contribution in [1.82, 2.24) is 5.32 Å². The minimum absolute atomic E-state index is 0.0637. The van der Waals surface area contributed by atoms with Crippen LogP contribution in [0, 0.1) is 5.92 Å². The predicted octanol–water partition coefficient (Wildman–Crippen LogP) is 3.43. The molecule has 136 valence electrons. The Labute approximate surface area is 162 Å². The molecule has 26 heavy (non-hydrogen) atoms. The molecule has 3 rings (SSSR count). The van der Waals surface area contributed by atoms with E-state index in [1.165, 1.54) is 5.56 Å². The van der Waals surface area contributed by atoms with E-state index in [0.29, 0.717) is 6.42 Å². The molecular formula is C21H22BrNO3. The molecule has 2 aromatic carbocycles. The van der Waals surface area contributed by atoms with Gasteiger partial charge in [0.1, 0.15) is 5.92 Å². The van der Waals surface area contributed by atoms with E-state index in [2.05, 4.69) is 45.5 Å². The maximum absolute atomic E-state index is 12.5. The second-order valence-corrected chi connectivity index (χ2v) is 6.91. The van der Waals surface area contributed by atoms with Crippen molar-refractivity contribution in [3.05, 3.63) is 71.3 Å². The molecule has 0 aromatic heterocycles. The van der Waals surface area contributed by atoms with Gasteiger partial charge in [0, 0.05) is 6.04 Å². The second kappa shape index (κ2) is 8.60. The molecule has 1 aliphatic heterocycles. The number of fused-ring (bicyclic) bond motifs is 1. The topological polar surface area (TPSA) is 55.4 Å². The quantitative estimate of drug-likeness (QED) is 0.446. The number of carbonyl (C=O) groups is 2. The summed E-state index contributed by atoms with van der Waals surface area (Å²) in [4.78, 5) is 25.0. The maximum atomic E-state index is 12.5. The van der Waals surface area contributed by atoms with Crippen molar-refractivity contribution in [3.8, 4) is 0 Å². The Kier molecular flexibility index (Phi) is 6.22. The third kappa shape index (κ3) is 3.89. The zero-order valence-electron chi connectivity index (χ0n) is 14.7. The highest BCUT2D eigenvalue weighted by molar-refractivity contribution is 9.09. The Bertz CT molecular complexity index is 778. The molecule has 0 bridgehead atoms. The number of carbonyl (C=O) groups excluding carboxylic acids is 2. The number of esters is 1. The number of alkyl halides is 1. The highest BCUT2D eigenvalue weighted by Gasteiger charge is 2.39. The van der Waals surface area contributed by atoms with Crippen LogP contribution in [0.1, 0.15) is 29.7 Å². The average molecular weight is 416 g/mol. The predicted molar refractivity (Wildman–Crippen MR) is 104 cm³/mol. The summed E-state index contributed by atoms with van der Waals surface area (Å²) in [6.07, 6.45) is 0.613. The zero-order valence-corrected chi connectivity index (χ0v) is 16.2. The fraction of sp³-hybridized carbons (Fsp3) is 0.333. The van der Waals surface area contributed by atoms with E-state index < -0.39 is 11.9 Å². The zero-order chi connectivity index (χ0) is 18.5. The number of hydrogen-bond acceptors (Lipinski definition) is 4. The highest BCUT2D eigenvalue weighted by atomic mass is 79.9. The van der Waals surface area contributed by atoms with Crippen molar-refractivity contribution in [2.24, 2.45) is 5.92 Å². The lowest BCUT2D eigenvalue weighted by Crippen LogP contribution is -2.50. The summed E-state index contributed by atoms with van der Waals surface area (Å²) in [5.41, 5.74) is 3.45. The van der Waals surface area contributed by atoms with Gasteiger partial charge in [0.15, 0.2) is 5.78 Å². The third-order valence-electron chi connectivity index (χ3n) is 4.74. The van der Waals surface area contributed by atoms with Crippen LogP contribution in [-0.2, 0) is 20.7 Å². The van der Waals surface area contributed by atoms with Crippen LogP contribution >= 0.6 is 15.9 Å². The van der Waals surface area contributed by atoms with Crippen molar-refractivity contribution >= 4 is 27.7 Å². The van der Waals surface area contributed by atoms with E-state index in [0.717, 1.165) is 11.1 Å². The van der Waals surface area contributed by atoms with Crippen molar-refractivity contribution in [1.29, 1.82) is 0 Å². The molecule has 1 N–H and O–H groups in total. The van der Waals surface area contributed by atoms with E-state index in [-0.39, 0.29) is 29.8 Å². The van der Waals surface area contributed by atoms with Crippen molar-refractivity contribution < 1.29 is 14.3 Å². The largest absolute Gasteiger partial charge is 0.465 e. The molecule has 0 radical (unpaired) electrons. The van der Waals surface area contributed by atoms with Crippen molar-refractivity contribution in [3.63, 3.8) is 0 Å². The standard InChI is InChI=1S/C21H22BrNO3/c1-2-26-21(25)19(18(24)13-22)17-12-15-10-6-7-11-16(15)20(23-17)14-8-4-3-5-9-14/h3-11,17,19-20,23H,2,12-13H2,1H3. The molecule has 3 unspecified atom stereocenters. The van der Waals surface area contributed by atoms with E-state index >= 15 is 0 Å². The fourth-order valence-corrected chi connectivity index (χ4v) is 3.92. The van der Waals surface area contributed by atoms with E-state index in [9.17, 15) is 9.59 Å². The molecule has 0 fully saturated rings. The average Bonchev–Trinajstić information content (AvgIpc) is 2.68. The van der Waals surface area contributed by atoms with Gasteiger partial charge in [-0.1, -0.05) is 70.5 Å². The lowest BCUT2D eigenvalue weighted by molar-refractivity contribution is -0.152. The van der Waals surface area contributed by atoms with Crippen LogP contribution in [-0.4, -0.2) is 29.7 Å². The molecule has 2 aromatic rings. The van der Waals surface area contributed by atoms with Crippen LogP contribution in [0.3, 0.4) is 0 Å². The summed E-state index contributed by atoms with van der Waals surface area (Å²) in [7, 11) is 0. The van der Waals surface area contributed by atoms with E-state index in [4.69, 9.17) is 4.74 Å². The molecule has 3 atom stereocenters. The fourth-order valence-electron chi connectivity index (χ4n) is 3.57. The highest BCUT2D eigenvalue weighted by Crippen LogP contribution is 2.33. The van der Waals surface area contributed by atoms with E-state index in [1.807, 2.05) is 30.3 Å². The Morgan fingerprint density at radius 3 is 2.54 bits per heavy atom. The van der Waals surface area contributed by atoms with Gasteiger partial charge in [0.05, 0.1) is 18.0 Å². The van der Waals surface area contributed by atoms with Crippen molar-refractivity contribution in [2.75, 3.05) is 11.9 Å². The van der Waals surface area contributed by atoms with Crippen molar-refractivity contribution in [2.45, 2.75) is 25.4 Å². The van der Waals surface area contributed by atoms with Gasteiger partial charge in [-0.15, -0.1) is 0 Å². The molecular weight excluding hydrogens is 394 g/mol. The summed E-state index contributed by atoms with van der Waals surface area (Å²) in [5, 5.41) is 3.67. The van der Waals surface area contributed by atoms with Gasteiger partial charge in [-0.3, -0.25) is 9.59 Å². The molecule has 1 aliphatic rings. The summed E-state index contributed by atoms with van der Waals surface area (Å²) in [5.74, 6) is -1.44.